The highest BCUT2D eigenvalue weighted by Gasteiger charge is 2.29. The van der Waals surface area contributed by atoms with E-state index in [4.69, 9.17) is 4.74 Å². The van der Waals surface area contributed by atoms with Gasteiger partial charge in [-0.15, -0.1) is 0 Å². The van der Waals surface area contributed by atoms with Crippen molar-refractivity contribution in [2.75, 3.05) is 7.11 Å². The highest BCUT2D eigenvalue weighted by atomic mass is 32.2. The Labute approximate surface area is 138 Å². The molecule has 128 valence electrons. The van der Waals surface area contributed by atoms with Gasteiger partial charge in [-0.2, -0.15) is 4.72 Å². The van der Waals surface area contributed by atoms with Crippen molar-refractivity contribution in [1.29, 1.82) is 0 Å². The molecular formula is C17H25NO4S. The monoisotopic (exact) mass is 339 g/mol. The van der Waals surface area contributed by atoms with Crippen LogP contribution in [0.25, 0.3) is 0 Å². The van der Waals surface area contributed by atoms with E-state index in [1.807, 2.05) is 13.0 Å². The molecule has 0 radical (unpaired) electrons. The summed E-state index contributed by atoms with van der Waals surface area (Å²) in [4.78, 5) is 12.2. The molecular weight excluding hydrogens is 314 g/mol. The van der Waals surface area contributed by atoms with Gasteiger partial charge in [0.1, 0.15) is 6.04 Å². The van der Waals surface area contributed by atoms with Gasteiger partial charge in [-0.1, -0.05) is 44.2 Å². The van der Waals surface area contributed by atoms with Crippen LogP contribution >= 0.6 is 0 Å². The molecule has 1 fully saturated rings. The van der Waals surface area contributed by atoms with Crippen LogP contribution in [0.1, 0.15) is 44.1 Å². The number of hydrogen-bond donors (Lipinski definition) is 1. The highest BCUT2D eigenvalue weighted by Crippen LogP contribution is 2.28. The summed E-state index contributed by atoms with van der Waals surface area (Å²) in [5.74, 6) is -0.153. The predicted molar refractivity (Wildman–Crippen MR) is 88.5 cm³/mol. The van der Waals surface area contributed by atoms with Crippen LogP contribution in [0, 0.1) is 12.8 Å². The Morgan fingerprint density at radius 3 is 2.61 bits per heavy atom. The van der Waals surface area contributed by atoms with E-state index in [1.54, 1.807) is 12.1 Å². The zero-order valence-electron chi connectivity index (χ0n) is 13.7. The van der Waals surface area contributed by atoms with Gasteiger partial charge >= 0.3 is 5.97 Å². The van der Waals surface area contributed by atoms with Gasteiger partial charge in [-0.05, 0) is 37.0 Å². The third-order valence-electron chi connectivity index (χ3n) is 4.38. The lowest BCUT2D eigenvalue weighted by Gasteiger charge is -2.25. The molecule has 23 heavy (non-hydrogen) atoms. The molecule has 1 aliphatic rings. The lowest BCUT2D eigenvalue weighted by Crippen LogP contribution is -2.42. The minimum Gasteiger partial charge on any atom is -0.468 e. The first-order valence-electron chi connectivity index (χ1n) is 8.09. The number of hydrogen-bond acceptors (Lipinski definition) is 4. The van der Waals surface area contributed by atoms with Gasteiger partial charge < -0.3 is 4.74 Å². The van der Waals surface area contributed by atoms with Gasteiger partial charge in [0, 0.05) is 0 Å². The number of sulfonamides is 1. The quantitative estimate of drug-likeness (QED) is 0.809. The lowest BCUT2D eigenvalue weighted by atomic mass is 9.85. The SMILES string of the molecule is COC(=O)C(CC1CCCCC1)NS(=O)(=O)c1cccc(C)c1. The maximum Gasteiger partial charge on any atom is 0.323 e. The fraction of sp³-hybridized carbons (Fsp3) is 0.588. The largest absolute Gasteiger partial charge is 0.468 e. The van der Waals surface area contributed by atoms with Gasteiger partial charge in [0.05, 0.1) is 12.0 Å². The van der Waals surface area contributed by atoms with E-state index >= 15 is 0 Å². The summed E-state index contributed by atoms with van der Waals surface area (Å²) in [6, 6.07) is 5.83. The average molecular weight is 339 g/mol. The molecule has 0 aliphatic heterocycles. The molecule has 0 amide bonds. The van der Waals surface area contributed by atoms with E-state index in [1.165, 1.54) is 19.6 Å². The summed E-state index contributed by atoms with van der Waals surface area (Å²) in [6.07, 6.45) is 6.08. The van der Waals surface area contributed by atoms with E-state index in [0.717, 1.165) is 31.2 Å². The third kappa shape index (κ3) is 5.04. The minimum atomic E-state index is -3.74. The summed E-state index contributed by atoms with van der Waals surface area (Å²) in [6.45, 7) is 1.83. The molecule has 0 aromatic heterocycles. The molecule has 0 saturated heterocycles. The first kappa shape index (κ1) is 17.9. The van der Waals surface area contributed by atoms with Crippen LogP contribution in [0.3, 0.4) is 0 Å². The summed E-state index contributed by atoms with van der Waals surface area (Å²) in [5.41, 5.74) is 0.856. The van der Waals surface area contributed by atoms with Gasteiger partial charge in [0.15, 0.2) is 0 Å². The minimum absolute atomic E-state index is 0.176. The van der Waals surface area contributed by atoms with Crippen LogP contribution in [0.15, 0.2) is 29.2 Å². The molecule has 1 aromatic carbocycles. The van der Waals surface area contributed by atoms with Crippen molar-refractivity contribution < 1.29 is 17.9 Å². The third-order valence-corrected chi connectivity index (χ3v) is 5.85. The van der Waals surface area contributed by atoms with Crippen molar-refractivity contribution in [2.24, 2.45) is 5.92 Å². The summed E-state index contributed by atoms with van der Waals surface area (Å²) in [7, 11) is -2.45. The number of carbonyl (C=O) groups is 1. The number of esters is 1. The zero-order chi connectivity index (χ0) is 16.9. The average Bonchev–Trinajstić information content (AvgIpc) is 2.54. The topological polar surface area (TPSA) is 72.5 Å². The number of methoxy groups -OCH3 is 1. The fourth-order valence-corrected chi connectivity index (χ4v) is 4.43. The van der Waals surface area contributed by atoms with E-state index in [0.29, 0.717) is 12.3 Å². The fourth-order valence-electron chi connectivity index (χ4n) is 3.13. The van der Waals surface area contributed by atoms with Crippen LogP contribution in [0.4, 0.5) is 0 Å². The Balaban J connectivity index is 2.14. The van der Waals surface area contributed by atoms with Crippen LogP contribution in [-0.4, -0.2) is 27.5 Å². The van der Waals surface area contributed by atoms with Gasteiger partial charge in [0.25, 0.3) is 0 Å². The second-order valence-corrected chi connectivity index (χ2v) is 7.97. The zero-order valence-corrected chi connectivity index (χ0v) is 14.6. The second-order valence-electron chi connectivity index (χ2n) is 6.25. The summed E-state index contributed by atoms with van der Waals surface area (Å²) in [5, 5.41) is 0. The first-order valence-corrected chi connectivity index (χ1v) is 9.57. The number of benzene rings is 1. The molecule has 6 heteroatoms. The molecule has 1 unspecified atom stereocenters. The highest BCUT2D eigenvalue weighted by molar-refractivity contribution is 7.89. The van der Waals surface area contributed by atoms with Gasteiger partial charge in [-0.25, -0.2) is 8.42 Å². The summed E-state index contributed by atoms with van der Waals surface area (Å²) >= 11 is 0. The smallest absolute Gasteiger partial charge is 0.323 e. The number of rotatable bonds is 6. The van der Waals surface area contributed by atoms with E-state index < -0.39 is 22.0 Å². The molecule has 1 aliphatic carbocycles. The molecule has 0 bridgehead atoms. The number of aryl methyl sites for hydroxylation is 1. The maximum atomic E-state index is 12.5. The van der Waals surface area contributed by atoms with Crippen LogP contribution < -0.4 is 4.72 Å². The lowest BCUT2D eigenvalue weighted by molar-refractivity contribution is -0.143. The second kappa shape index (κ2) is 7.93. The van der Waals surface area contributed by atoms with Crippen molar-refractivity contribution in [3.05, 3.63) is 29.8 Å². The number of nitrogens with one attached hydrogen (secondary N) is 1. The Morgan fingerprint density at radius 1 is 1.30 bits per heavy atom. The standard InChI is InChI=1S/C17H25NO4S/c1-13-7-6-10-15(11-13)23(20,21)18-16(17(19)22-2)12-14-8-4-3-5-9-14/h6-7,10-11,14,16,18H,3-5,8-9,12H2,1-2H3. The molecule has 1 saturated carbocycles. The Hall–Kier alpha value is -1.40. The van der Waals surface area contributed by atoms with Gasteiger partial charge in [-0.3, -0.25) is 4.79 Å². The van der Waals surface area contributed by atoms with Crippen molar-refractivity contribution in [2.45, 2.75) is 56.4 Å². The first-order chi connectivity index (χ1) is 10.9. The summed E-state index contributed by atoms with van der Waals surface area (Å²) < 4.78 is 32.4. The van der Waals surface area contributed by atoms with Crippen molar-refractivity contribution in [3.63, 3.8) is 0 Å². The molecule has 2 rings (SSSR count). The number of carbonyl (C=O) groups excluding carboxylic acids is 1. The van der Waals surface area contributed by atoms with Gasteiger partial charge in [0.2, 0.25) is 10.0 Å². The molecule has 1 aromatic rings. The Kier molecular flexibility index (Phi) is 6.18. The molecule has 0 spiro atoms. The normalized spacial score (nSPS) is 17.7. The van der Waals surface area contributed by atoms with E-state index in [-0.39, 0.29) is 4.90 Å². The van der Waals surface area contributed by atoms with Crippen LogP contribution in [0.2, 0.25) is 0 Å². The van der Waals surface area contributed by atoms with E-state index in [2.05, 4.69) is 4.72 Å². The predicted octanol–water partition coefficient (Wildman–Crippen LogP) is 2.79. The van der Waals surface area contributed by atoms with Crippen molar-refractivity contribution >= 4 is 16.0 Å². The number of ether oxygens (including phenoxy) is 1. The molecule has 0 heterocycles. The molecule has 1 atom stereocenters. The van der Waals surface area contributed by atoms with Crippen molar-refractivity contribution in [1.82, 2.24) is 4.72 Å². The van der Waals surface area contributed by atoms with Crippen molar-refractivity contribution in [3.8, 4) is 0 Å². The Morgan fingerprint density at radius 2 is 2.00 bits per heavy atom. The van der Waals surface area contributed by atoms with Crippen LogP contribution in [-0.2, 0) is 19.6 Å². The molecule has 5 nitrogen and oxygen atoms in total. The Bertz CT molecular complexity index is 636. The maximum absolute atomic E-state index is 12.5. The van der Waals surface area contributed by atoms with Crippen LogP contribution in [0.5, 0.6) is 0 Å². The van der Waals surface area contributed by atoms with E-state index in [9.17, 15) is 13.2 Å². The molecule has 1 N–H and O–H groups in total.